The Kier molecular flexibility index (Phi) is 5.09. The van der Waals surface area contributed by atoms with Crippen molar-refractivity contribution >= 4 is 11.8 Å². The van der Waals surface area contributed by atoms with Crippen LogP contribution in [0.5, 0.6) is 0 Å². The maximum atomic E-state index is 13.4. The smallest absolute Gasteiger partial charge is 0.222 e. The number of nitrogen functional groups attached to an aromatic ring is 1. The first-order valence-electron chi connectivity index (χ1n) is 5.66. The van der Waals surface area contributed by atoms with Gasteiger partial charge in [0.2, 0.25) is 5.95 Å². The van der Waals surface area contributed by atoms with E-state index in [9.17, 15) is 4.39 Å². The third kappa shape index (κ3) is 4.14. The zero-order chi connectivity index (χ0) is 12.8. The van der Waals surface area contributed by atoms with Gasteiger partial charge in [-0.05, 0) is 12.8 Å². The van der Waals surface area contributed by atoms with E-state index in [1.54, 1.807) is 0 Å². The molecule has 0 aliphatic rings. The molecule has 1 unspecified atom stereocenters. The summed E-state index contributed by atoms with van der Waals surface area (Å²) in [4.78, 5) is 7.40. The molecule has 0 amide bonds. The molecular formula is C11H19FN4O. The molecule has 0 aromatic carbocycles. The predicted molar refractivity (Wildman–Crippen MR) is 65.1 cm³/mol. The molecule has 0 aliphatic heterocycles. The van der Waals surface area contributed by atoms with Crippen LogP contribution in [0.1, 0.15) is 20.8 Å². The topological polar surface area (TPSA) is 73.1 Å². The number of nitrogens with two attached hydrogens (primary N) is 1. The van der Waals surface area contributed by atoms with Gasteiger partial charge in [-0.15, -0.1) is 0 Å². The number of hydrogen-bond donors (Lipinski definition) is 2. The van der Waals surface area contributed by atoms with Crippen LogP contribution in [0, 0.1) is 11.7 Å². The molecule has 0 spiro atoms. The van der Waals surface area contributed by atoms with Gasteiger partial charge >= 0.3 is 0 Å². The van der Waals surface area contributed by atoms with Gasteiger partial charge in [0.25, 0.3) is 0 Å². The lowest BCUT2D eigenvalue weighted by molar-refractivity contribution is 0.126. The van der Waals surface area contributed by atoms with Crippen LogP contribution in [-0.2, 0) is 4.74 Å². The van der Waals surface area contributed by atoms with Crippen molar-refractivity contribution in [2.45, 2.75) is 26.8 Å². The van der Waals surface area contributed by atoms with Gasteiger partial charge in [0.05, 0.1) is 18.8 Å². The van der Waals surface area contributed by atoms with Crippen molar-refractivity contribution in [3.8, 4) is 0 Å². The van der Waals surface area contributed by atoms with Crippen LogP contribution in [0.2, 0.25) is 0 Å². The number of anilines is 2. The van der Waals surface area contributed by atoms with E-state index in [-0.39, 0.29) is 23.7 Å². The van der Waals surface area contributed by atoms with Crippen LogP contribution in [-0.4, -0.2) is 29.2 Å². The van der Waals surface area contributed by atoms with E-state index in [1.165, 1.54) is 0 Å². The summed E-state index contributed by atoms with van der Waals surface area (Å²) in [6.45, 7) is 7.09. The summed E-state index contributed by atoms with van der Waals surface area (Å²) in [5.41, 5.74) is 5.42. The Bertz CT molecular complexity index is 359. The number of rotatable bonds is 6. The third-order valence-corrected chi connectivity index (χ3v) is 2.39. The van der Waals surface area contributed by atoms with Crippen molar-refractivity contribution in [1.82, 2.24) is 9.97 Å². The normalized spacial score (nSPS) is 12.8. The summed E-state index contributed by atoms with van der Waals surface area (Å²) in [5.74, 6) is -0.0535. The van der Waals surface area contributed by atoms with E-state index in [0.717, 1.165) is 6.20 Å². The van der Waals surface area contributed by atoms with E-state index in [2.05, 4.69) is 15.3 Å². The lowest BCUT2D eigenvalue weighted by Crippen LogP contribution is -2.32. The summed E-state index contributed by atoms with van der Waals surface area (Å²) in [5, 5.41) is 2.99. The summed E-state index contributed by atoms with van der Waals surface area (Å²) < 4.78 is 18.8. The Morgan fingerprint density at radius 3 is 2.82 bits per heavy atom. The molecule has 1 rings (SSSR count). The van der Waals surface area contributed by atoms with E-state index >= 15 is 0 Å². The van der Waals surface area contributed by atoms with E-state index in [0.29, 0.717) is 13.2 Å². The molecule has 96 valence electrons. The summed E-state index contributed by atoms with van der Waals surface area (Å²) in [6.07, 6.45) is 1.06. The van der Waals surface area contributed by atoms with Crippen molar-refractivity contribution in [3.05, 3.63) is 12.0 Å². The number of hydrogen-bond acceptors (Lipinski definition) is 5. The molecule has 1 aromatic rings. The van der Waals surface area contributed by atoms with Gasteiger partial charge in [-0.1, -0.05) is 13.8 Å². The fourth-order valence-corrected chi connectivity index (χ4v) is 1.30. The molecule has 6 heteroatoms. The Morgan fingerprint density at radius 1 is 1.53 bits per heavy atom. The van der Waals surface area contributed by atoms with Gasteiger partial charge in [0.15, 0.2) is 11.6 Å². The molecule has 0 fully saturated rings. The lowest BCUT2D eigenvalue weighted by atomic mass is 10.1. The molecule has 0 radical (unpaired) electrons. The zero-order valence-electron chi connectivity index (χ0n) is 10.4. The second-order valence-electron chi connectivity index (χ2n) is 4.08. The van der Waals surface area contributed by atoms with Gasteiger partial charge in [0.1, 0.15) is 0 Å². The monoisotopic (exact) mass is 242 g/mol. The Labute approximate surface area is 101 Å². The predicted octanol–water partition coefficient (Wildman–Crippen LogP) is 1.67. The second-order valence-corrected chi connectivity index (χ2v) is 4.08. The highest BCUT2D eigenvalue weighted by Crippen LogP contribution is 2.15. The van der Waals surface area contributed by atoms with Gasteiger partial charge in [-0.2, -0.15) is 4.98 Å². The van der Waals surface area contributed by atoms with E-state index in [4.69, 9.17) is 10.5 Å². The molecule has 3 N–H and O–H groups in total. The maximum Gasteiger partial charge on any atom is 0.222 e. The number of nitrogens with one attached hydrogen (secondary N) is 1. The molecule has 0 saturated carbocycles. The first kappa shape index (κ1) is 13.6. The van der Waals surface area contributed by atoms with E-state index in [1.807, 2.05) is 20.8 Å². The summed E-state index contributed by atoms with van der Waals surface area (Å²) in [6, 6.07) is -0.0150. The number of halogens is 1. The Balaban J connectivity index is 2.74. The minimum Gasteiger partial charge on any atom is -0.380 e. The van der Waals surface area contributed by atoms with Crippen LogP contribution >= 0.6 is 0 Å². The molecule has 1 heterocycles. The SMILES string of the molecule is CCOCC(Nc1nc(N)ncc1F)C(C)C. The minimum absolute atomic E-state index is 0.0150. The van der Waals surface area contributed by atoms with Gasteiger partial charge in [-0.3, -0.25) is 0 Å². The summed E-state index contributed by atoms with van der Waals surface area (Å²) >= 11 is 0. The highest BCUT2D eigenvalue weighted by Gasteiger charge is 2.16. The fraction of sp³-hybridized carbons (Fsp3) is 0.636. The van der Waals surface area contributed by atoms with Crippen LogP contribution in [0.4, 0.5) is 16.2 Å². The van der Waals surface area contributed by atoms with Crippen molar-refractivity contribution < 1.29 is 9.13 Å². The minimum atomic E-state index is -0.513. The molecule has 0 saturated heterocycles. The first-order valence-corrected chi connectivity index (χ1v) is 5.66. The number of nitrogens with zero attached hydrogens (tertiary/aromatic N) is 2. The van der Waals surface area contributed by atoms with Gasteiger partial charge in [0, 0.05) is 6.61 Å². The Morgan fingerprint density at radius 2 is 2.24 bits per heavy atom. The molecular weight excluding hydrogens is 223 g/mol. The number of ether oxygens (including phenoxy) is 1. The van der Waals surface area contributed by atoms with Crippen molar-refractivity contribution in [1.29, 1.82) is 0 Å². The largest absolute Gasteiger partial charge is 0.380 e. The average Bonchev–Trinajstić information content (AvgIpc) is 2.28. The second kappa shape index (κ2) is 6.34. The zero-order valence-corrected chi connectivity index (χ0v) is 10.4. The van der Waals surface area contributed by atoms with Crippen LogP contribution in [0.15, 0.2) is 6.20 Å². The third-order valence-electron chi connectivity index (χ3n) is 2.39. The summed E-state index contributed by atoms with van der Waals surface area (Å²) in [7, 11) is 0. The average molecular weight is 242 g/mol. The van der Waals surface area contributed by atoms with Crippen LogP contribution in [0.3, 0.4) is 0 Å². The van der Waals surface area contributed by atoms with Crippen molar-refractivity contribution in [2.75, 3.05) is 24.3 Å². The molecule has 0 aliphatic carbocycles. The van der Waals surface area contributed by atoms with Crippen LogP contribution < -0.4 is 11.1 Å². The first-order chi connectivity index (χ1) is 8.04. The van der Waals surface area contributed by atoms with Gasteiger partial charge < -0.3 is 15.8 Å². The highest BCUT2D eigenvalue weighted by molar-refractivity contribution is 5.40. The molecule has 1 atom stereocenters. The molecule has 1 aromatic heterocycles. The number of aromatic nitrogens is 2. The van der Waals surface area contributed by atoms with Gasteiger partial charge in [-0.25, -0.2) is 9.37 Å². The van der Waals surface area contributed by atoms with Crippen molar-refractivity contribution in [2.24, 2.45) is 5.92 Å². The lowest BCUT2D eigenvalue weighted by Gasteiger charge is -2.22. The maximum absolute atomic E-state index is 13.4. The van der Waals surface area contributed by atoms with E-state index < -0.39 is 5.82 Å². The van der Waals surface area contributed by atoms with Crippen molar-refractivity contribution in [3.63, 3.8) is 0 Å². The fourth-order valence-electron chi connectivity index (χ4n) is 1.30. The Hall–Kier alpha value is -1.43. The molecule has 0 bridgehead atoms. The quantitative estimate of drug-likeness (QED) is 0.793. The van der Waals surface area contributed by atoms with Crippen LogP contribution in [0.25, 0.3) is 0 Å². The standard InChI is InChI=1S/C11H19FN4O/c1-4-17-6-9(7(2)3)15-10-8(12)5-14-11(13)16-10/h5,7,9H,4,6H2,1-3H3,(H3,13,14,15,16). The molecule has 17 heavy (non-hydrogen) atoms. The molecule has 5 nitrogen and oxygen atoms in total. The highest BCUT2D eigenvalue weighted by atomic mass is 19.1.